The van der Waals surface area contributed by atoms with Gasteiger partial charge in [-0.2, -0.15) is 5.10 Å². The number of aromatic nitrogens is 3. The van der Waals surface area contributed by atoms with E-state index in [-0.39, 0.29) is 18.0 Å². The predicted octanol–water partition coefficient (Wildman–Crippen LogP) is 4.58. The van der Waals surface area contributed by atoms with Crippen LogP contribution in [0.4, 0.5) is 0 Å². The number of piperidine rings is 1. The van der Waals surface area contributed by atoms with Gasteiger partial charge in [0.1, 0.15) is 12.1 Å². The number of aryl methyl sites for hydroxylation is 3. The zero-order chi connectivity index (χ0) is 24.0. The van der Waals surface area contributed by atoms with Crippen molar-refractivity contribution in [2.45, 2.75) is 53.6 Å². The van der Waals surface area contributed by atoms with E-state index in [1.54, 1.807) is 6.20 Å². The van der Waals surface area contributed by atoms with E-state index in [2.05, 4.69) is 55.6 Å². The smallest absolute Gasteiger partial charge is 0.291 e. The highest BCUT2D eigenvalue weighted by molar-refractivity contribution is 6.07. The minimum absolute atomic E-state index is 0.0206. The van der Waals surface area contributed by atoms with Crippen molar-refractivity contribution in [2.75, 3.05) is 13.1 Å². The molecule has 0 atom stereocenters. The number of rotatable bonds is 4. The van der Waals surface area contributed by atoms with Gasteiger partial charge in [-0.3, -0.25) is 9.59 Å². The van der Waals surface area contributed by atoms with Crippen LogP contribution in [-0.2, 0) is 17.9 Å². The van der Waals surface area contributed by atoms with Gasteiger partial charge in [0.2, 0.25) is 5.91 Å². The molecule has 2 aromatic heterocycles. The van der Waals surface area contributed by atoms with Crippen LogP contribution in [0.1, 0.15) is 42.0 Å². The Balaban J connectivity index is 1.60. The maximum atomic E-state index is 13.7. The average Bonchev–Trinajstić information content (AvgIpc) is 3.12. The van der Waals surface area contributed by atoms with Crippen LogP contribution >= 0.6 is 0 Å². The summed E-state index contributed by atoms with van der Waals surface area (Å²) in [6.45, 7) is 10.7. The number of hydrogen-bond acceptors (Lipinski definition) is 3. The van der Waals surface area contributed by atoms with Crippen LogP contribution in [0.15, 0.2) is 47.4 Å². The van der Waals surface area contributed by atoms with E-state index >= 15 is 0 Å². The van der Waals surface area contributed by atoms with Crippen LogP contribution < -0.4 is 5.56 Å². The molecule has 1 fully saturated rings. The summed E-state index contributed by atoms with van der Waals surface area (Å²) >= 11 is 0. The number of fused-ring (bicyclic) bond motifs is 3. The van der Waals surface area contributed by atoms with Crippen LogP contribution in [0.25, 0.3) is 21.8 Å². The van der Waals surface area contributed by atoms with Gasteiger partial charge in [0, 0.05) is 35.9 Å². The summed E-state index contributed by atoms with van der Waals surface area (Å²) in [5.41, 5.74) is 6.28. The van der Waals surface area contributed by atoms with Crippen molar-refractivity contribution < 1.29 is 4.79 Å². The lowest BCUT2D eigenvalue weighted by Crippen LogP contribution is -2.41. The highest BCUT2D eigenvalue weighted by atomic mass is 16.2. The first-order chi connectivity index (χ1) is 16.3. The number of hydrogen-bond donors (Lipinski definition) is 0. The number of carbonyl (C=O) groups excluding carboxylic acids is 1. The quantitative estimate of drug-likeness (QED) is 0.452. The summed E-state index contributed by atoms with van der Waals surface area (Å²) in [7, 11) is 0. The topological polar surface area (TPSA) is 60.1 Å². The summed E-state index contributed by atoms with van der Waals surface area (Å²) in [4.78, 5) is 28.5. The van der Waals surface area contributed by atoms with Gasteiger partial charge in [0.05, 0.1) is 6.20 Å². The zero-order valence-electron chi connectivity index (χ0n) is 20.5. The van der Waals surface area contributed by atoms with E-state index in [1.165, 1.54) is 26.9 Å². The van der Waals surface area contributed by atoms with Crippen LogP contribution in [0.3, 0.4) is 0 Å². The third-order valence-electron chi connectivity index (χ3n) is 7.35. The maximum Gasteiger partial charge on any atom is 0.291 e. The van der Waals surface area contributed by atoms with Crippen molar-refractivity contribution in [3.8, 4) is 0 Å². The molecular formula is C28H32N4O2. The molecule has 5 rings (SSSR count). The monoisotopic (exact) mass is 456 g/mol. The molecule has 0 spiro atoms. The average molecular weight is 457 g/mol. The van der Waals surface area contributed by atoms with E-state index in [0.717, 1.165) is 42.2 Å². The summed E-state index contributed by atoms with van der Waals surface area (Å²) in [5, 5.41) is 6.26. The standard InChI is InChI=1S/C28H32N4O2/c1-18-9-11-30(12-10-18)26(33)17-32-28(34)27-23(15-29-32)22-7-5-6-8-25(22)31(27)16-24-20(3)13-19(2)14-21(24)4/h5-8,13-15,18H,9-12,16-17H2,1-4H3. The van der Waals surface area contributed by atoms with Crippen LogP contribution in [-0.4, -0.2) is 38.2 Å². The normalized spacial score (nSPS) is 14.9. The van der Waals surface area contributed by atoms with Gasteiger partial charge in [0.25, 0.3) is 5.56 Å². The summed E-state index contributed by atoms with van der Waals surface area (Å²) in [6, 6.07) is 12.5. The van der Waals surface area contributed by atoms with Gasteiger partial charge in [-0.1, -0.05) is 42.8 Å². The molecule has 0 saturated carbocycles. The fourth-order valence-corrected chi connectivity index (χ4v) is 5.37. The largest absolute Gasteiger partial charge is 0.341 e. The fraction of sp³-hybridized carbons (Fsp3) is 0.393. The first-order valence-electron chi connectivity index (χ1n) is 12.1. The molecule has 6 heteroatoms. The van der Waals surface area contributed by atoms with Gasteiger partial charge in [-0.05, 0) is 62.3 Å². The molecule has 1 saturated heterocycles. The highest BCUT2D eigenvalue weighted by Crippen LogP contribution is 2.29. The first-order valence-corrected chi connectivity index (χ1v) is 12.1. The Hall–Kier alpha value is -3.41. The Morgan fingerprint density at radius 2 is 1.71 bits per heavy atom. The Morgan fingerprint density at radius 3 is 2.41 bits per heavy atom. The number of benzene rings is 2. The molecule has 0 unspecified atom stereocenters. The third kappa shape index (κ3) is 3.91. The third-order valence-corrected chi connectivity index (χ3v) is 7.35. The Labute approximate surface area is 199 Å². The first kappa shape index (κ1) is 22.4. The highest BCUT2D eigenvalue weighted by Gasteiger charge is 2.23. The molecule has 0 radical (unpaired) electrons. The van der Waals surface area contributed by atoms with E-state index in [9.17, 15) is 9.59 Å². The number of nitrogens with zero attached hydrogens (tertiary/aromatic N) is 4. The van der Waals surface area contributed by atoms with Crippen molar-refractivity contribution in [1.82, 2.24) is 19.2 Å². The molecular weight excluding hydrogens is 424 g/mol. The fourth-order valence-electron chi connectivity index (χ4n) is 5.37. The van der Waals surface area contributed by atoms with Crippen molar-refractivity contribution in [3.63, 3.8) is 0 Å². The molecule has 0 aliphatic carbocycles. The molecule has 0 bridgehead atoms. The molecule has 0 N–H and O–H groups in total. The lowest BCUT2D eigenvalue weighted by atomic mass is 9.99. The Morgan fingerprint density at radius 1 is 1.03 bits per heavy atom. The molecule has 6 nitrogen and oxygen atoms in total. The van der Waals surface area contributed by atoms with Crippen LogP contribution in [0.2, 0.25) is 0 Å². The van der Waals surface area contributed by atoms with Crippen molar-refractivity contribution in [3.05, 3.63) is 75.2 Å². The second-order valence-electron chi connectivity index (χ2n) is 9.91. The van der Waals surface area contributed by atoms with E-state index in [4.69, 9.17) is 0 Å². The minimum atomic E-state index is -0.213. The summed E-state index contributed by atoms with van der Waals surface area (Å²) in [5.74, 6) is 0.611. The molecule has 2 aromatic carbocycles. The van der Waals surface area contributed by atoms with E-state index in [1.807, 2.05) is 23.1 Å². The second-order valence-corrected chi connectivity index (χ2v) is 9.91. The Kier molecular flexibility index (Phi) is 5.76. The van der Waals surface area contributed by atoms with E-state index < -0.39 is 0 Å². The minimum Gasteiger partial charge on any atom is -0.341 e. The van der Waals surface area contributed by atoms with Crippen LogP contribution in [0, 0.1) is 26.7 Å². The SMILES string of the molecule is Cc1cc(C)c(Cn2c3ccccc3c3cnn(CC(=O)N4CCC(C)CC4)c(=O)c32)c(C)c1. The number of amides is 1. The lowest BCUT2D eigenvalue weighted by molar-refractivity contribution is -0.133. The van der Waals surface area contributed by atoms with Gasteiger partial charge < -0.3 is 9.47 Å². The van der Waals surface area contributed by atoms with E-state index in [0.29, 0.717) is 18.0 Å². The van der Waals surface area contributed by atoms with Crippen molar-refractivity contribution in [2.24, 2.45) is 5.92 Å². The molecule has 4 aromatic rings. The molecule has 1 aliphatic rings. The van der Waals surface area contributed by atoms with Crippen LogP contribution in [0.5, 0.6) is 0 Å². The maximum absolute atomic E-state index is 13.7. The summed E-state index contributed by atoms with van der Waals surface area (Å²) in [6.07, 6.45) is 3.77. The molecule has 1 aliphatic heterocycles. The molecule has 34 heavy (non-hydrogen) atoms. The van der Waals surface area contributed by atoms with Gasteiger partial charge in [-0.25, -0.2) is 4.68 Å². The molecule has 3 heterocycles. The second kappa shape index (κ2) is 8.75. The molecule has 1 amide bonds. The van der Waals surface area contributed by atoms with Crippen molar-refractivity contribution >= 4 is 27.7 Å². The zero-order valence-corrected chi connectivity index (χ0v) is 20.5. The number of para-hydroxylation sites is 1. The van der Waals surface area contributed by atoms with Gasteiger partial charge >= 0.3 is 0 Å². The number of carbonyl (C=O) groups is 1. The van der Waals surface area contributed by atoms with Crippen molar-refractivity contribution in [1.29, 1.82) is 0 Å². The Bertz CT molecular complexity index is 1430. The lowest BCUT2D eigenvalue weighted by Gasteiger charge is -2.30. The number of likely N-dealkylation sites (tertiary alicyclic amines) is 1. The summed E-state index contributed by atoms with van der Waals surface area (Å²) < 4.78 is 3.44. The van der Waals surface area contributed by atoms with Gasteiger partial charge in [-0.15, -0.1) is 0 Å². The molecule has 176 valence electrons. The predicted molar refractivity (Wildman–Crippen MR) is 136 cm³/mol. The van der Waals surface area contributed by atoms with Gasteiger partial charge in [0.15, 0.2) is 0 Å².